The highest BCUT2D eigenvalue weighted by molar-refractivity contribution is 6.98. The molecule has 8 aromatic carbocycles. The van der Waals surface area contributed by atoms with Crippen molar-refractivity contribution in [2.75, 3.05) is 4.90 Å². The number of anilines is 3. The van der Waals surface area contributed by atoms with E-state index in [9.17, 15) is 0 Å². The second kappa shape index (κ2) is 10.9. The molecule has 2 aliphatic heterocycles. The first-order chi connectivity index (χ1) is 25.3. The summed E-state index contributed by atoms with van der Waals surface area (Å²) in [5.74, 6) is 3.47. The number of para-hydroxylation sites is 5. The molecule has 0 fully saturated rings. The quantitative estimate of drug-likeness (QED) is 0.177. The van der Waals surface area contributed by atoms with Gasteiger partial charge in [0.15, 0.2) is 5.75 Å². The predicted octanol–water partition coefficient (Wildman–Crippen LogP) is 10.1. The van der Waals surface area contributed by atoms with E-state index in [0.29, 0.717) is 0 Å². The van der Waals surface area contributed by atoms with Crippen molar-refractivity contribution in [2.45, 2.75) is 0 Å². The molecule has 51 heavy (non-hydrogen) atoms. The summed E-state index contributed by atoms with van der Waals surface area (Å²) in [6, 6.07) is 62.3. The van der Waals surface area contributed by atoms with Gasteiger partial charge in [-0.15, -0.1) is 0 Å². The van der Waals surface area contributed by atoms with E-state index in [-0.39, 0.29) is 6.71 Å². The molecule has 0 aliphatic carbocycles. The molecule has 11 rings (SSSR count). The van der Waals surface area contributed by atoms with Crippen LogP contribution < -0.4 is 30.8 Å². The fourth-order valence-corrected chi connectivity index (χ4v) is 8.24. The molecule has 9 aromatic rings. The van der Waals surface area contributed by atoms with Crippen molar-refractivity contribution < 1.29 is 9.47 Å². The molecular weight excluding hydrogens is 623 g/mol. The monoisotopic (exact) mass is 652 g/mol. The smallest absolute Gasteiger partial charge is 0.260 e. The van der Waals surface area contributed by atoms with Crippen molar-refractivity contribution in [3.63, 3.8) is 0 Å². The first kappa shape index (κ1) is 28.2. The van der Waals surface area contributed by atoms with Gasteiger partial charge in [-0.1, -0.05) is 97.1 Å². The fraction of sp³-hybridized carbons (Fsp3) is 0. The van der Waals surface area contributed by atoms with Gasteiger partial charge in [0.2, 0.25) is 0 Å². The van der Waals surface area contributed by atoms with Gasteiger partial charge in [-0.3, -0.25) is 0 Å². The molecule has 0 unspecified atom stereocenters. The number of nitrogens with zero attached hydrogens (tertiary/aromatic N) is 2. The van der Waals surface area contributed by atoms with Gasteiger partial charge in [0.05, 0.1) is 11.0 Å². The Bertz CT molecular complexity index is 2760. The molecular formula is C46H29BN2O2. The van der Waals surface area contributed by atoms with Gasteiger partial charge in [0.1, 0.15) is 17.2 Å². The Labute approximate surface area is 295 Å². The molecule has 238 valence electrons. The molecule has 0 radical (unpaired) electrons. The number of rotatable bonds is 4. The van der Waals surface area contributed by atoms with E-state index >= 15 is 0 Å². The second-order valence-corrected chi connectivity index (χ2v) is 13.3. The topological polar surface area (TPSA) is 26.6 Å². The summed E-state index contributed by atoms with van der Waals surface area (Å²) in [4.78, 5) is 2.31. The molecule has 1 aromatic heterocycles. The van der Waals surface area contributed by atoms with Crippen molar-refractivity contribution in [2.24, 2.45) is 0 Å². The zero-order chi connectivity index (χ0) is 33.5. The molecule has 5 heteroatoms. The third kappa shape index (κ3) is 4.22. The molecule has 0 amide bonds. The summed E-state index contributed by atoms with van der Waals surface area (Å²) in [5.41, 5.74) is 9.95. The summed E-state index contributed by atoms with van der Waals surface area (Å²) >= 11 is 0. The van der Waals surface area contributed by atoms with Crippen LogP contribution in [0.25, 0.3) is 38.3 Å². The molecule has 4 nitrogen and oxygen atoms in total. The Kier molecular flexibility index (Phi) is 6.01. The Hall–Kier alpha value is -6.72. The summed E-state index contributed by atoms with van der Waals surface area (Å²) in [5, 5.41) is 4.57. The second-order valence-electron chi connectivity index (χ2n) is 13.3. The van der Waals surface area contributed by atoms with E-state index in [4.69, 9.17) is 9.47 Å². The standard InChI is InChI=1S/C46H29BN2O2/c1-4-14-32(15-5-1)48(33-16-6-2-7-17-33)35-25-24-30-27-36-37-29-43-44-46(45(37)49(34-18-8-3-9-19-34)40(36)28-31(30)26-35)51-42-23-13-11-21-39(42)47(44)38-20-10-12-22-41(38)50-43/h1-29H. The van der Waals surface area contributed by atoms with Crippen molar-refractivity contribution >= 4 is 72.7 Å². The number of hydrogen-bond donors (Lipinski definition) is 0. The third-order valence-corrected chi connectivity index (χ3v) is 10.4. The molecule has 0 saturated carbocycles. The van der Waals surface area contributed by atoms with E-state index in [1.54, 1.807) is 0 Å². The Balaban J connectivity index is 1.21. The van der Waals surface area contributed by atoms with Gasteiger partial charge < -0.3 is 18.9 Å². The van der Waals surface area contributed by atoms with Gasteiger partial charge >= 0.3 is 0 Å². The Morgan fingerprint density at radius 1 is 0.451 bits per heavy atom. The van der Waals surface area contributed by atoms with Crippen molar-refractivity contribution in [3.05, 3.63) is 176 Å². The lowest BCUT2D eigenvalue weighted by molar-refractivity contribution is 0.467. The SMILES string of the molecule is c1ccc(N(c2ccccc2)c2ccc3cc4c5cc6c7c(c5n(-c5ccccc5)c4cc3c2)Oc2ccccc2B7c2ccccc2O6)cc1. The van der Waals surface area contributed by atoms with Gasteiger partial charge in [-0.05, 0) is 101 Å². The molecule has 0 atom stereocenters. The lowest BCUT2D eigenvalue weighted by Gasteiger charge is -2.33. The highest BCUT2D eigenvalue weighted by atomic mass is 16.5. The Morgan fingerprint density at radius 3 is 1.75 bits per heavy atom. The van der Waals surface area contributed by atoms with Crippen molar-refractivity contribution in [3.8, 4) is 28.7 Å². The highest BCUT2D eigenvalue weighted by Crippen LogP contribution is 2.46. The van der Waals surface area contributed by atoms with E-state index in [2.05, 4.69) is 179 Å². The minimum absolute atomic E-state index is 0.000113. The number of benzene rings is 8. The number of ether oxygens (including phenoxy) is 2. The zero-order valence-corrected chi connectivity index (χ0v) is 27.5. The van der Waals surface area contributed by atoms with Gasteiger partial charge in [-0.2, -0.15) is 0 Å². The number of fused-ring (bicyclic) bond motifs is 9. The van der Waals surface area contributed by atoms with Crippen LogP contribution in [-0.2, 0) is 0 Å². The lowest BCUT2D eigenvalue weighted by atomic mass is 9.35. The van der Waals surface area contributed by atoms with Crippen LogP contribution in [0.15, 0.2) is 176 Å². The summed E-state index contributed by atoms with van der Waals surface area (Å²) in [6.07, 6.45) is 0. The van der Waals surface area contributed by atoms with Crippen LogP contribution >= 0.6 is 0 Å². The van der Waals surface area contributed by atoms with Gasteiger partial charge in [0, 0.05) is 39.0 Å². The molecule has 0 saturated heterocycles. The van der Waals surface area contributed by atoms with Gasteiger partial charge in [-0.25, -0.2) is 0 Å². The largest absolute Gasteiger partial charge is 0.458 e. The van der Waals surface area contributed by atoms with Crippen molar-refractivity contribution in [1.82, 2.24) is 4.57 Å². The number of hydrogen-bond acceptors (Lipinski definition) is 3. The molecule has 0 spiro atoms. The lowest BCUT2D eigenvalue weighted by Crippen LogP contribution is -2.57. The first-order valence-corrected chi connectivity index (χ1v) is 17.4. The zero-order valence-electron chi connectivity index (χ0n) is 27.5. The average Bonchev–Trinajstić information content (AvgIpc) is 3.51. The van der Waals surface area contributed by atoms with Gasteiger partial charge in [0.25, 0.3) is 6.71 Å². The van der Waals surface area contributed by atoms with Crippen LogP contribution in [0.2, 0.25) is 0 Å². The maximum Gasteiger partial charge on any atom is 0.260 e. The maximum atomic E-state index is 6.98. The van der Waals surface area contributed by atoms with Crippen LogP contribution in [-0.4, -0.2) is 11.3 Å². The van der Waals surface area contributed by atoms with E-state index in [0.717, 1.165) is 89.3 Å². The first-order valence-electron chi connectivity index (χ1n) is 17.4. The average molecular weight is 653 g/mol. The minimum atomic E-state index is 0.000113. The fourth-order valence-electron chi connectivity index (χ4n) is 8.24. The normalized spacial score (nSPS) is 12.6. The maximum absolute atomic E-state index is 6.98. The van der Waals surface area contributed by atoms with Crippen LogP contribution in [0.1, 0.15) is 0 Å². The van der Waals surface area contributed by atoms with E-state index in [1.807, 2.05) is 6.07 Å². The Morgan fingerprint density at radius 2 is 1.06 bits per heavy atom. The summed E-state index contributed by atoms with van der Waals surface area (Å²) < 4.78 is 16.1. The van der Waals surface area contributed by atoms with Crippen LogP contribution in [0, 0.1) is 0 Å². The summed E-state index contributed by atoms with van der Waals surface area (Å²) in [7, 11) is 0. The van der Waals surface area contributed by atoms with Crippen LogP contribution in [0.5, 0.6) is 23.0 Å². The van der Waals surface area contributed by atoms with Crippen molar-refractivity contribution in [1.29, 1.82) is 0 Å². The minimum Gasteiger partial charge on any atom is -0.458 e. The van der Waals surface area contributed by atoms with E-state index < -0.39 is 0 Å². The van der Waals surface area contributed by atoms with E-state index in [1.165, 1.54) is 5.39 Å². The molecule has 2 aliphatic rings. The molecule has 0 N–H and O–H groups in total. The summed E-state index contributed by atoms with van der Waals surface area (Å²) in [6.45, 7) is 0.000113. The van der Waals surface area contributed by atoms with Crippen LogP contribution in [0.4, 0.5) is 17.1 Å². The third-order valence-electron chi connectivity index (χ3n) is 10.4. The predicted molar refractivity (Wildman–Crippen MR) is 211 cm³/mol. The number of aromatic nitrogens is 1. The molecule has 3 heterocycles. The molecule has 0 bridgehead atoms. The van der Waals surface area contributed by atoms with Crippen LogP contribution in [0.3, 0.4) is 0 Å². The highest BCUT2D eigenvalue weighted by Gasteiger charge is 2.41.